The fraction of sp³-hybridized carbons (Fsp3) is 0.385. The van der Waals surface area contributed by atoms with Crippen LogP contribution in [0.5, 0.6) is 0 Å². The Bertz CT molecular complexity index is 576. The predicted octanol–water partition coefficient (Wildman–Crippen LogP) is 1.73. The molecule has 1 fully saturated rings. The van der Waals surface area contributed by atoms with Crippen molar-refractivity contribution in [1.82, 2.24) is 25.1 Å². The largest absolute Gasteiger partial charge is 0.335 e. The standard InChI is InChI=1S/C13H16N6O/c20-13(17-10-4-1-2-5-10)18-11-8-12(15-9-14-11)19-7-3-6-16-19/h3,6-10H,1-2,4-5H2,(H2,14,15,17,18,20). The molecule has 1 aliphatic carbocycles. The topological polar surface area (TPSA) is 84.7 Å². The predicted molar refractivity (Wildman–Crippen MR) is 73.6 cm³/mol. The first-order valence-electron chi connectivity index (χ1n) is 6.71. The SMILES string of the molecule is O=C(Nc1cc(-n2cccn2)ncn1)NC1CCCC1. The van der Waals surface area contributed by atoms with Gasteiger partial charge in [-0.2, -0.15) is 5.10 Å². The van der Waals surface area contributed by atoms with E-state index in [2.05, 4.69) is 25.7 Å². The number of aromatic nitrogens is 4. The van der Waals surface area contributed by atoms with Gasteiger partial charge in [0.1, 0.15) is 12.1 Å². The minimum Gasteiger partial charge on any atom is -0.335 e. The van der Waals surface area contributed by atoms with Crippen LogP contribution in [0.2, 0.25) is 0 Å². The molecular formula is C13H16N6O. The molecule has 2 aromatic rings. The van der Waals surface area contributed by atoms with Crippen LogP contribution in [0.15, 0.2) is 30.9 Å². The molecule has 2 amide bonds. The highest BCUT2D eigenvalue weighted by Crippen LogP contribution is 2.17. The number of nitrogens with zero attached hydrogens (tertiary/aromatic N) is 4. The summed E-state index contributed by atoms with van der Waals surface area (Å²) in [4.78, 5) is 20.0. The van der Waals surface area contributed by atoms with E-state index in [-0.39, 0.29) is 12.1 Å². The van der Waals surface area contributed by atoms with E-state index in [1.54, 1.807) is 23.1 Å². The Hall–Kier alpha value is -2.44. The molecule has 7 nitrogen and oxygen atoms in total. The Labute approximate surface area is 116 Å². The van der Waals surface area contributed by atoms with Gasteiger partial charge in [0.25, 0.3) is 0 Å². The minimum absolute atomic E-state index is 0.220. The molecule has 0 aliphatic heterocycles. The third-order valence-electron chi connectivity index (χ3n) is 3.32. The summed E-state index contributed by atoms with van der Waals surface area (Å²) in [7, 11) is 0. The number of nitrogens with one attached hydrogen (secondary N) is 2. The summed E-state index contributed by atoms with van der Waals surface area (Å²) in [6, 6.07) is 3.55. The number of hydrogen-bond donors (Lipinski definition) is 2. The maximum absolute atomic E-state index is 11.9. The van der Waals surface area contributed by atoms with Gasteiger partial charge in [-0.15, -0.1) is 0 Å². The molecule has 0 bridgehead atoms. The van der Waals surface area contributed by atoms with Crippen LogP contribution in [-0.2, 0) is 0 Å². The van der Waals surface area contributed by atoms with Crippen LogP contribution in [0.3, 0.4) is 0 Å². The maximum Gasteiger partial charge on any atom is 0.320 e. The first-order valence-corrected chi connectivity index (χ1v) is 6.71. The number of urea groups is 1. The molecule has 0 unspecified atom stereocenters. The molecule has 7 heteroatoms. The minimum atomic E-state index is -0.220. The average Bonchev–Trinajstić information content (AvgIpc) is 3.11. The Morgan fingerprint density at radius 1 is 1.30 bits per heavy atom. The summed E-state index contributed by atoms with van der Waals surface area (Å²) < 4.78 is 1.61. The lowest BCUT2D eigenvalue weighted by molar-refractivity contribution is 0.248. The van der Waals surface area contributed by atoms with E-state index in [0.29, 0.717) is 11.6 Å². The summed E-state index contributed by atoms with van der Waals surface area (Å²) in [6.45, 7) is 0. The summed E-state index contributed by atoms with van der Waals surface area (Å²) in [6.07, 6.45) is 9.32. The second-order valence-electron chi connectivity index (χ2n) is 4.79. The molecule has 104 valence electrons. The van der Waals surface area contributed by atoms with Crippen molar-refractivity contribution in [3.8, 4) is 5.82 Å². The lowest BCUT2D eigenvalue weighted by Gasteiger charge is -2.12. The van der Waals surface area contributed by atoms with Crippen LogP contribution in [0.4, 0.5) is 10.6 Å². The van der Waals surface area contributed by atoms with Crippen LogP contribution in [0.1, 0.15) is 25.7 Å². The average molecular weight is 272 g/mol. The van der Waals surface area contributed by atoms with E-state index < -0.39 is 0 Å². The van der Waals surface area contributed by atoms with Crippen molar-refractivity contribution >= 4 is 11.8 Å². The maximum atomic E-state index is 11.9. The van der Waals surface area contributed by atoms with Crippen molar-refractivity contribution in [1.29, 1.82) is 0 Å². The van der Waals surface area contributed by atoms with Crippen molar-refractivity contribution < 1.29 is 4.79 Å². The summed E-state index contributed by atoms with van der Waals surface area (Å²) in [5.41, 5.74) is 0. The lowest BCUT2D eigenvalue weighted by Crippen LogP contribution is -2.36. The molecule has 20 heavy (non-hydrogen) atoms. The van der Waals surface area contributed by atoms with E-state index in [0.717, 1.165) is 12.8 Å². The zero-order valence-corrected chi connectivity index (χ0v) is 11.0. The van der Waals surface area contributed by atoms with Gasteiger partial charge in [-0.1, -0.05) is 12.8 Å². The van der Waals surface area contributed by atoms with Gasteiger partial charge in [0, 0.05) is 24.5 Å². The van der Waals surface area contributed by atoms with Crippen LogP contribution in [0, 0.1) is 0 Å². The third kappa shape index (κ3) is 2.93. The third-order valence-corrected chi connectivity index (χ3v) is 3.32. The number of anilines is 1. The second-order valence-corrected chi connectivity index (χ2v) is 4.79. The number of amides is 2. The molecule has 1 aliphatic rings. The first kappa shape index (κ1) is 12.6. The van der Waals surface area contributed by atoms with Crippen LogP contribution in [0.25, 0.3) is 5.82 Å². The smallest absolute Gasteiger partial charge is 0.320 e. The molecule has 2 aromatic heterocycles. The molecule has 2 heterocycles. The molecule has 0 saturated heterocycles. The lowest BCUT2D eigenvalue weighted by atomic mass is 10.2. The van der Waals surface area contributed by atoms with Gasteiger partial charge >= 0.3 is 6.03 Å². The molecule has 0 aromatic carbocycles. The summed E-state index contributed by atoms with van der Waals surface area (Å²) in [5.74, 6) is 1.07. The highest BCUT2D eigenvalue weighted by molar-refractivity contribution is 5.88. The number of carbonyl (C=O) groups excluding carboxylic acids is 1. The van der Waals surface area contributed by atoms with Crippen molar-refractivity contribution in [3.63, 3.8) is 0 Å². The Morgan fingerprint density at radius 3 is 2.90 bits per heavy atom. The van der Waals surface area contributed by atoms with Gasteiger partial charge in [0.15, 0.2) is 5.82 Å². The quantitative estimate of drug-likeness (QED) is 0.891. The normalized spacial score (nSPS) is 15.2. The molecule has 0 radical (unpaired) electrons. The highest BCUT2D eigenvalue weighted by atomic mass is 16.2. The van der Waals surface area contributed by atoms with Gasteiger partial charge in [-0.25, -0.2) is 19.4 Å². The van der Waals surface area contributed by atoms with E-state index in [9.17, 15) is 4.79 Å². The molecule has 2 N–H and O–H groups in total. The van der Waals surface area contributed by atoms with Crippen LogP contribution < -0.4 is 10.6 Å². The number of rotatable bonds is 3. The van der Waals surface area contributed by atoms with E-state index in [4.69, 9.17) is 0 Å². The van der Waals surface area contributed by atoms with Crippen molar-refractivity contribution in [3.05, 3.63) is 30.9 Å². The number of hydrogen-bond acceptors (Lipinski definition) is 4. The van der Waals surface area contributed by atoms with E-state index in [1.807, 2.05) is 6.07 Å². The van der Waals surface area contributed by atoms with Crippen LogP contribution >= 0.6 is 0 Å². The van der Waals surface area contributed by atoms with Crippen LogP contribution in [-0.4, -0.2) is 31.8 Å². The fourth-order valence-corrected chi connectivity index (χ4v) is 2.35. The molecule has 1 saturated carbocycles. The Balaban J connectivity index is 1.65. The van der Waals surface area contributed by atoms with Gasteiger partial charge in [0.05, 0.1) is 0 Å². The second kappa shape index (κ2) is 5.68. The fourth-order valence-electron chi connectivity index (χ4n) is 2.35. The van der Waals surface area contributed by atoms with Gasteiger partial charge in [-0.3, -0.25) is 5.32 Å². The Kier molecular flexibility index (Phi) is 3.58. The monoisotopic (exact) mass is 272 g/mol. The van der Waals surface area contributed by atoms with E-state index in [1.165, 1.54) is 19.2 Å². The summed E-state index contributed by atoms with van der Waals surface area (Å²) in [5, 5.41) is 9.77. The zero-order chi connectivity index (χ0) is 13.8. The first-order chi connectivity index (χ1) is 9.81. The molecule has 0 atom stereocenters. The zero-order valence-electron chi connectivity index (χ0n) is 11.0. The van der Waals surface area contributed by atoms with Gasteiger partial charge < -0.3 is 5.32 Å². The van der Waals surface area contributed by atoms with Crippen molar-refractivity contribution in [2.45, 2.75) is 31.7 Å². The highest BCUT2D eigenvalue weighted by Gasteiger charge is 2.17. The van der Waals surface area contributed by atoms with Crippen molar-refractivity contribution in [2.24, 2.45) is 0 Å². The van der Waals surface area contributed by atoms with E-state index >= 15 is 0 Å². The molecule has 3 rings (SSSR count). The Morgan fingerprint density at radius 2 is 2.15 bits per heavy atom. The summed E-state index contributed by atoms with van der Waals surface area (Å²) >= 11 is 0. The molecular weight excluding hydrogens is 256 g/mol. The van der Waals surface area contributed by atoms with Gasteiger partial charge in [0.2, 0.25) is 0 Å². The number of carbonyl (C=O) groups is 1. The van der Waals surface area contributed by atoms with Crippen molar-refractivity contribution in [2.75, 3.05) is 5.32 Å². The molecule has 0 spiro atoms. The van der Waals surface area contributed by atoms with Gasteiger partial charge in [-0.05, 0) is 18.9 Å².